The zero-order valence-corrected chi connectivity index (χ0v) is 15.4. The minimum Gasteiger partial charge on any atom is -0.338 e. The van der Waals surface area contributed by atoms with E-state index in [2.05, 4.69) is 24.0 Å². The summed E-state index contributed by atoms with van der Waals surface area (Å²) >= 11 is 0. The predicted molar refractivity (Wildman–Crippen MR) is 98.0 cm³/mol. The summed E-state index contributed by atoms with van der Waals surface area (Å²) in [4.78, 5) is 20.1. The van der Waals surface area contributed by atoms with E-state index in [1.165, 1.54) is 0 Å². The van der Waals surface area contributed by atoms with Gasteiger partial charge in [-0.05, 0) is 49.5 Å². The highest BCUT2D eigenvalue weighted by molar-refractivity contribution is 6.06. The first-order chi connectivity index (χ1) is 12.5. The summed E-state index contributed by atoms with van der Waals surface area (Å²) in [6.07, 6.45) is 4.51. The van der Waals surface area contributed by atoms with E-state index in [0.29, 0.717) is 23.5 Å². The number of aromatic nitrogens is 2. The van der Waals surface area contributed by atoms with Crippen LogP contribution in [-0.4, -0.2) is 40.1 Å². The Morgan fingerprint density at radius 1 is 1.27 bits per heavy atom. The lowest BCUT2D eigenvalue weighted by Gasteiger charge is -2.20. The molecule has 138 valence electrons. The van der Waals surface area contributed by atoms with Crippen LogP contribution < -0.4 is 5.73 Å². The number of rotatable bonds is 3. The average molecular weight is 354 g/mol. The quantitative estimate of drug-likeness (QED) is 0.916. The van der Waals surface area contributed by atoms with Gasteiger partial charge in [0.2, 0.25) is 0 Å². The maximum absolute atomic E-state index is 13.5. The molecule has 0 bridgehead atoms. The first kappa shape index (κ1) is 16.2. The van der Waals surface area contributed by atoms with Crippen molar-refractivity contribution < 1.29 is 9.32 Å². The molecule has 3 atom stereocenters. The van der Waals surface area contributed by atoms with Crippen molar-refractivity contribution in [1.82, 2.24) is 15.0 Å². The highest BCUT2D eigenvalue weighted by Gasteiger charge is 2.43. The second-order valence-electron chi connectivity index (χ2n) is 8.65. The van der Waals surface area contributed by atoms with E-state index in [9.17, 15) is 4.79 Å². The van der Waals surface area contributed by atoms with Crippen molar-refractivity contribution in [2.24, 2.45) is 17.6 Å². The largest absolute Gasteiger partial charge is 0.338 e. The van der Waals surface area contributed by atoms with Gasteiger partial charge in [0, 0.05) is 30.7 Å². The molecule has 3 heterocycles. The normalized spacial score (nSPS) is 28.3. The van der Waals surface area contributed by atoms with Gasteiger partial charge in [-0.25, -0.2) is 4.98 Å². The van der Waals surface area contributed by atoms with Gasteiger partial charge in [0.15, 0.2) is 0 Å². The van der Waals surface area contributed by atoms with Crippen LogP contribution in [0.15, 0.2) is 10.6 Å². The molecule has 1 amide bonds. The summed E-state index contributed by atoms with van der Waals surface area (Å²) in [5, 5.41) is 5.03. The summed E-state index contributed by atoms with van der Waals surface area (Å²) < 4.78 is 5.52. The van der Waals surface area contributed by atoms with E-state index in [4.69, 9.17) is 10.3 Å². The standard InChI is InChI=1S/C20H26N4O2/c1-10(2)18-17-13(7-16(11-3-4-11)22-19(17)26-23-18)20(25)24-8-12-5-6-15(21)14(12)9-24/h7,10-12,14-15H,3-6,8-9,21H2,1-2H3. The van der Waals surface area contributed by atoms with Gasteiger partial charge >= 0.3 is 0 Å². The molecule has 0 aromatic carbocycles. The molecule has 1 aliphatic heterocycles. The molecular formula is C20H26N4O2. The number of fused-ring (bicyclic) bond motifs is 2. The van der Waals surface area contributed by atoms with Crippen LogP contribution in [0.25, 0.3) is 11.1 Å². The number of carbonyl (C=O) groups excluding carboxylic acids is 1. The third-order valence-electron chi connectivity index (χ3n) is 6.47. The van der Waals surface area contributed by atoms with E-state index >= 15 is 0 Å². The molecule has 6 nitrogen and oxygen atoms in total. The SMILES string of the molecule is CC(C)c1noc2nc(C3CC3)cc(C(=O)N3CC4CCC(N)C4C3)c12. The molecule has 3 unspecified atom stereocenters. The molecule has 2 aromatic heterocycles. The van der Waals surface area contributed by atoms with Gasteiger partial charge in [-0.1, -0.05) is 19.0 Å². The first-order valence-electron chi connectivity index (χ1n) is 9.88. The van der Waals surface area contributed by atoms with Gasteiger partial charge in [-0.15, -0.1) is 0 Å². The fourth-order valence-electron chi connectivity index (χ4n) is 4.79. The van der Waals surface area contributed by atoms with E-state index in [1.807, 2.05) is 11.0 Å². The van der Waals surface area contributed by atoms with Crippen molar-refractivity contribution in [3.63, 3.8) is 0 Å². The maximum Gasteiger partial charge on any atom is 0.259 e. The number of pyridine rings is 1. The number of hydrogen-bond donors (Lipinski definition) is 1. The Kier molecular flexibility index (Phi) is 3.61. The molecular weight excluding hydrogens is 328 g/mol. The predicted octanol–water partition coefficient (Wildman–Crippen LogP) is 3.03. The first-order valence-corrected chi connectivity index (χ1v) is 9.88. The van der Waals surface area contributed by atoms with E-state index in [-0.39, 0.29) is 17.9 Å². The van der Waals surface area contributed by atoms with Crippen molar-refractivity contribution in [3.8, 4) is 0 Å². The Morgan fingerprint density at radius 3 is 2.77 bits per heavy atom. The smallest absolute Gasteiger partial charge is 0.259 e. The second-order valence-corrected chi connectivity index (χ2v) is 8.65. The Bertz CT molecular complexity index is 870. The number of nitrogens with zero attached hydrogens (tertiary/aromatic N) is 3. The van der Waals surface area contributed by atoms with Gasteiger partial charge < -0.3 is 15.2 Å². The summed E-state index contributed by atoms with van der Waals surface area (Å²) in [5.74, 6) is 1.74. The van der Waals surface area contributed by atoms with Crippen molar-refractivity contribution >= 4 is 17.0 Å². The van der Waals surface area contributed by atoms with Crippen LogP contribution >= 0.6 is 0 Å². The molecule has 26 heavy (non-hydrogen) atoms. The lowest BCUT2D eigenvalue weighted by molar-refractivity contribution is 0.0781. The van der Waals surface area contributed by atoms with Gasteiger partial charge in [-0.3, -0.25) is 4.79 Å². The van der Waals surface area contributed by atoms with Crippen molar-refractivity contribution in [2.45, 2.75) is 57.4 Å². The van der Waals surface area contributed by atoms with E-state index in [0.717, 1.165) is 61.1 Å². The molecule has 2 saturated carbocycles. The lowest BCUT2D eigenvalue weighted by Crippen LogP contribution is -2.33. The van der Waals surface area contributed by atoms with Crippen molar-refractivity contribution in [3.05, 3.63) is 23.0 Å². The lowest BCUT2D eigenvalue weighted by atomic mass is 9.98. The molecule has 3 aliphatic rings. The summed E-state index contributed by atoms with van der Waals surface area (Å²) in [5.41, 5.74) is 9.29. The summed E-state index contributed by atoms with van der Waals surface area (Å²) in [7, 11) is 0. The van der Waals surface area contributed by atoms with Crippen LogP contribution in [0.2, 0.25) is 0 Å². The summed E-state index contributed by atoms with van der Waals surface area (Å²) in [6.45, 7) is 5.73. The van der Waals surface area contributed by atoms with Crippen LogP contribution in [0.3, 0.4) is 0 Å². The molecule has 6 heteroatoms. The van der Waals surface area contributed by atoms with Crippen LogP contribution in [0.5, 0.6) is 0 Å². The second kappa shape index (κ2) is 5.78. The van der Waals surface area contributed by atoms with Crippen LogP contribution in [-0.2, 0) is 0 Å². The molecule has 0 spiro atoms. The zero-order chi connectivity index (χ0) is 18.0. The van der Waals surface area contributed by atoms with Crippen LogP contribution in [0.1, 0.15) is 73.1 Å². The third-order valence-corrected chi connectivity index (χ3v) is 6.47. The summed E-state index contributed by atoms with van der Waals surface area (Å²) in [6, 6.07) is 2.23. The highest BCUT2D eigenvalue weighted by atomic mass is 16.5. The van der Waals surface area contributed by atoms with Gasteiger partial charge in [0.05, 0.1) is 16.6 Å². The number of hydrogen-bond acceptors (Lipinski definition) is 5. The Hall–Kier alpha value is -1.95. The number of carbonyl (C=O) groups is 1. The molecule has 5 rings (SSSR count). The van der Waals surface area contributed by atoms with Crippen molar-refractivity contribution in [2.75, 3.05) is 13.1 Å². The van der Waals surface area contributed by atoms with Crippen molar-refractivity contribution in [1.29, 1.82) is 0 Å². The molecule has 2 aliphatic carbocycles. The molecule has 1 saturated heterocycles. The number of amides is 1. The molecule has 3 fully saturated rings. The van der Waals surface area contributed by atoms with Crippen LogP contribution in [0, 0.1) is 11.8 Å². The number of likely N-dealkylation sites (tertiary alicyclic amines) is 1. The van der Waals surface area contributed by atoms with E-state index < -0.39 is 0 Å². The highest BCUT2D eigenvalue weighted by Crippen LogP contribution is 2.42. The van der Waals surface area contributed by atoms with E-state index in [1.54, 1.807) is 0 Å². The van der Waals surface area contributed by atoms with Gasteiger partial charge in [-0.2, -0.15) is 0 Å². The number of nitrogens with two attached hydrogens (primary N) is 1. The molecule has 2 aromatic rings. The van der Waals surface area contributed by atoms with Gasteiger partial charge in [0.25, 0.3) is 11.6 Å². The Morgan fingerprint density at radius 2 is 2.08 bits per heavy atom. The minimum absolute atomic E-state index is 0.0889. The fourth-order valence-corrected chi connectivity index (χ4v) is 4.79. The van der Waals surface area contributed by atoms with Crippen LogP contribution in [0.4, 0.5) is 0 Å². The monoisotopic (exact) mass is 354 g/mol. The Balaban J connectivity index is 1.56. The Labute approximate surface area is 153 Å². The molecule has 0 radical (unpaired) electrons. The fraction of sp³-hybridized carbons (Fsp3) is 0.650. The topological polar surface area (TPSA) is 85.2 Å². The molecule has 2 N–H and O–H groups in total. The van der Waals surface area contributed by atoms with Gasteiger partial charge in [0.1, 0.15) is 0 Å². The average Bonchev–Trinajstić information content (AvgIpc) is 3.09. The maximum atomic E-state index is 13.5. The zero-order valence-electron chi connectivity index (χ0n) is 15.4. The minimum atomic E-state index is 0.0889. The third kappa shape index (κ3) is 2.46.